The van der Waals surface area contributed by atoms with Crippen LogP contribution in [0, 0.1) is 5.92 Å². The van der Waals surface area contributed by atoms with Crippen LogP contribution in [-0.2, 0) is 10.0 Å². The Morgan fingerprint density at radius 2 is 1.62 bits per heavy atom. The summed E-state index contributed by atoms with van der Waals surface area (Å²) in [6.45, 7) is 2.21. The second-order valence-electron chi connectivity index (χ2n) is 6.87. The fraction of sp³-hybridized carbons (Fsp3) is 0.429. The minimum atomic E-state index is -3.18. The summed E-state index contributed by atoms with van der Waals surface area (Å²) in [6.07, 6.45) is 4.09. The van der Waals surface area contributed by atoms with E-state index in [1.807, 2.05) is 30.3 Å². The third-order valence-corrected chi connectivity index (χ3v) is 6.47. The van der Waals surface area contributed by atoms with E-state index < -0.39 is 10.0 Å². The van der Waals surface area contributed by atoms with E-state index >= 15 is 0 Å². The van der Waals surface area contributed by atoms with Gasteiger partial charge in [-0.3, -0.25) is 0 Å². The van der Waals surface area contributed by atoms with Crippen molar-refractivity contribution in [2.45, 2.75) is 38.6 Å². The van der Waals surface area contributed by atoms with Crippen molar-refractivity contribution in [2.75, 3.05) is 12.4 Å². The van der Waals surface area contributed by atoms with Crippen LogP contribution in [0.25, 0.3) is 11.1 Å². The summed E-state index contributed by atoms with van der Waals surface area (Å²) in [4.78, 5) is 0. The van der Waals surface area contributed by atoms with E-state index in [1.54, 1.807) is 6.92 Å². The molecule has 1 aliphatic rings. The average Bonchev–Trinajstić information content (AvgIpc) is 2.68. The normalized spacial score (nSPS) is 20.7. The summed E-state index contributed by atoms with van der Waals surface area (Å²) in [7, 11) is -3.18. The van der Waals surface area contributed by atoms with Crippen molar-refractivity contribution in [1.82, 2.24) is 4.72 Å². The van der Waals surface area contributed by atoms with Gasteiger partial charge in [0.05, 0.1) is 12.4 Å². The first-order valence-corrected chi connectivity index (χ1v) is 11.0. The molecule has 2 aromatic rings. The maximum atomic E-state index is 11.9. The van der Waals surface area contributed by atoms with Gasteiger partial charge in [-0.25, -0.2) is 13.1 Å². The molecule has 0 heterocycles. The van der Waals surface area contributed by atoms with Crippen LogP contribution in [0.2, 0.25) is 0 Å². The fourth-order valence-corrected chi connectivity index (χ4v) is 4.39. The van der Waals surface area contributed by atoms with Crippen LogP contribution in [-0.4, -0.2) is 26.8 Å². The second kappa shape index (κ2) is 8.69. The van der Waals surface area contributed by atoms with Crippen LogP contribution in [0.15, 0.2) is 54.6 Å². The smallest absolute Gasteiger partial charge is 0.211 e. The van der Waals surface area contributed by atoms with Gasteiger partial charge in [-0.1, -0.05) is 55.3 Å². The predicted molar refractivity (Wildman–Crippen MR) is 106 cm³/mol. The van der Waals surface area contributed by atoms with Crippen molar-refractivity contribution >= 4 is 10.0 Å². The molecule has 0 radical (unpaired) electrons. The number of ether oxygens (including phenoxy) is 1. The number of sulfonamides is 1. The van der Waals surface area contributed by atoms with Gasteiger partial charge in [0.15, 0.2) is 0 Å². The van der Waals surface area contributed by atoms with E-state index in [2.05, 4.69) is 29.0 Å². The SMILES string of the molecule is CCS(=O)(=O)N[C@@H]1CCCC[C@H]1COc1ccc(-c2ccccc2)cc1. The molecule has 1 N–H and O–H groups in total. The van der Waals surface area contributed by atoms with Gasteiger partial charge in [0, 0.05) is 12.0 Å². The van der Waals surface area contributed by atoms with Crippen molar-refractivity contribution < 1.29 is 13.2 Å². The molecule has 1 aliphatic carbocycles. The molecule has 140 valence electrons. The van der Waals surface area contributed by atoms with E-state index in [9.17, 15) is 8.42 Å². The van der Waals surface area contributed by atoms with Crippen molar-refractivity contribution in [3.8, 4) is 16.9 Å². The molecule has 4 nitrogen and oxygen atoms in total. The summed E-state index contributed by atoms with van der Waals surface area (Å²) in [5, 5.41) is 0. The van der Waals surface area contributed by atoms with E-state index in [4.69, 9.17) is 4.74 Å². The zero-order chi connectivity index (χ0) is 18.4. The standard InChI is InChI=1S/C21H27NO3S/c1-2-26(23,24)22-21-11-7-6-10-19(21)16-25-20-14-12-18(13-15-20)17-8-4-3-5-9-17/h3-5,8-9,12-15,19,21-22H,2,6-7,10-11,16H2,1H3/t19-,21+/m0/s1. The lowest BCUT2D eigenvalue weighted by molar-refractivity contribution is 0.180. The number of rotatable bonds is 7. The van der Waals surface area contributed by atoms with Gasteiger partial charge in [0.2, 0.25) is 10.0 Å². The summed E-state index contributed by atoms with van der Waals surface area (Å²) in [5.41, 5.74) is 2.34. The Hall–Kier alpha value is -1.85. The van der Waals surface area contributed by atoms with E-state index in [1.165, 1.54) is 5.56 Å². The van der Waals surface area contributed by atoms with Crippen LogP contribution in [0.4, 0.5) is 0 Å². The van der Waals surface area contributed by atoms with Crippen LogP contribution in [0.1, 0.15) is 32.6 Å². The minimum absolute atomic E-state index is 0.0164. The molecule has 0 bridgehead atoms. The highest BCUT2D eigenvalue weighted by atomic mass is 32.2. The van der Waals surface area contributed by atoms with Gasteiger partial charge < -0.3 is 4.74 Å². The molecule has 1 fully saturated rings. The number of hydrogen-bond donors (Lipinski definition) is 1. The van der Waals surface area contributed by atoms with Crippen LogP contribution >= 0.6 is 0 Å². The first-order valence-electron chi connectivity index (χ1n) is 9.35. The molecule has 2 aromatic carbocycles. The molecule has 1 saturated carbocycles. The second-order valence-corrected chi connectivity index (χ2v) is 8.92. The lowest BCUT2D eigenvalue weighted by atomic mass is 9.86. The Morgan fingerprint density at radius 1 is 0.962 bits per heavy atom. The van der Waals surface area contributed by atoms with Crippen LogP contribution in [0.3, 0.4) is 0 Å². The summed E-state index contributed by atoms with van der Waals surface area (Å²) < 4.78 is 32.6. The van der Waals surface area contributed by atoms with Crippen LogP contribution in [0.5, 0.6) is 5.75 Å². The lowest BCUT2D eigenvalue weighted by Gasteiger charge is -2.31. The fourth-order valence-electron chi connectivity index (χ4n) is 3.45. The molecule has 0 spiro atoms. The molecule has 0 saturated heterocycles. The highest BCUT2D eigenvalue weighted by Crippen LogP contribution is 2.27. The van der Waals surface area contributed by atoms with E-state index in [-0.39, 0.29) is 17.7 Å². The lowest BCUT2D eigenvalue weighted by Crippen LogP contribution is -2.44. The first kappa shape index (κ1) is 18.9. The molecule has 0 aliphatic heterocycles. The summed E-state index contributed by atoms with van der Waals surface area (Å²) >= 11 is 0. The van der Waals surface area contributed by atoms with Gasteiger partial charge in [-0.2, -0.15) is 0 Å². The molecule has 3 rings (SSSR count). The Morgan fingerprint density at radius 3 is 2.31 bits per heavy atom. The maximum Gasteiger partial charge on any atom is 0.211 e. The summed E-state index contributed by atoms with van der Waals surface area (Å²) in [5.74, 6) is 1.17. The quantitative estimate of drug-likeness (QED) is 0.790. The van der Waals surface area contributed by atoms with E-state index in [0.29, 0.717) is 6.61 Å². The zero-order valence-corrected chi connectivity index (χ0v) is 16.0. The highest BCUT2D eigenvalue weighted by Gasteiger charge is 2.28. The topological polar surface area (TPSA) is 55.4 Å². The number of nitrogens with one attached hydrogen (secondary N) is 1. The maximum absolute atomic E-state index is 11.9. The Bertz CT molecular complexity index is 788. The molecule has 0 unspecified atom stereocenters. The number of benzene rings is 2. The zero-order valence-electron chi connectivity index (χ0n) is 15.2. The Kier molecular flexibility index (Phi) is 6.33. The highest BCUT2D eigenvalue weighted by molar-refractivity contribution is 7.89. The van der Waals surface area contributed by atoms with Crippen LogP contribution < -0.4 is 9.46 Å². The Balaban J connectivity index is 1.60. The van der Waals surface area contributed by atoms with Crippen molar-refractivity contribution in [1.29, 1.82) is 0 Å². The predicted octanol–water partition coefficient (Wildman–Crippen LogP) is 4.23. The third kappa shape index (κ3) is 5.08. The molecular weight excluding hydrogens is 346 g/mol. The van der Waals surface area contributed by atoms with Crippen molar-refractivity contribution in [3.63, 3.8) is 0 Å². The van der Waals surface area contributed by atoms with Gasteiger partial charge in [0.1, 0.15) is 5.75 Å². The average molecular weight is 374 g/mol. The Labute approximate surface area is 156 Å². The van der Waals surface area contributed by atoms with Gasteiger partial charge in [-0.05, 0) is 43.0 Å². The van der Waals surface area contributed by atoms with Gasteiger partial charge in [-0.15, -0.1) is 0 Å². The number of hydrogen-bond acceptors (Lipinski definition) is 3. The van der Waals surface area contributed by atoms with Gasteiger partial charge in [0.25, 0.3) is 0 Å². The third-order valence-electron chi connectivity index (χ3n) is 5.05. The van der Waals surface area contributed by atoms with Crippen molar-refractivity contribution in [2.24, 2.45) is 5.92 Å². The molecule has 0 aromatic heterocycles. The molecular formula is C21H27NO3S. The molecule has 26 heavy (non-hydrogen) atoms. The van der Waals surface area contributed by atoms with Gasteiger partial charge >= 0.3 is 0 Å². The minimum Gasteiger partial charge on any atom is -0.493 e. The largest absolute Gasteiger partial charge is 0.493 e. The molecule has 5 heteroatoms. The summed E-state index contributed by atoms with van der Waals surface area (Å²) in [6, 6.07) is 18.3. The first-order chi connectivity index (χ1) is 12.6. The van der Waals surface area contributed by atoms with Crippen molar-refractivity contribution in [3.05, 3.63) is 54.6 Å². The monoisotopic (exact) mass is 373 g/mol. The van der Waals surface area contributed by atoms with E-state index in [0.717, 1.165) is 37.0 Å². The molecule has 2 atom stereocenters. The molecule has 0 amide bonds.